The van der Waals surface area contributed by atoms with Crippen LogP contribution in [0.2, 0.25) is 5.02 Å². The topological polar surface area (TPSA) is 81.1 Å². The third-order valence-electron chi connectivity index (χ3n) is 4.59. The summed E-state index contributed by atoms with van der Waals surface area (Å²) in [6, 6.07) is 11.3. The highest BCUT2D eigenvalue weighted by atomic mass is 35.5. The molecule has 10 heteroatoms. The number of aryl methyl sites for hydroxylation is 1. The number of halogens is 2. The third kappa shape index (κ3) is 4.08. The van der Waals surface area contributed by atoms with Gasteiger partial charge in [0, 0.05) is 5.69 Å². The minimum absolute atomic E-state index is 0.0550. The molecule has 2 heterocycles. The normalized spacial score (nSPS) is 17.7. The van der Waals surface area contributed by atoms with E-state index in [1.165, 1.54) is 30.0 Å². The average molecular weight is 448 g/mol. The third-order valence-corrected chi connectivity index (χ3v) is 6.10. The van der Waals surface area contributed by atoms with Crippen LogP contribution in [0.15, 0.2) is 47.6 Å². The molecule has 1 aliphatic rings. The van der Waals surface area contributed by atoms with Crippen molar-refractivity contribution in [3.05, 3.63) is 64.7 Å². The van der Waals surface area contributed by atoms with E-state index in [0.717, 1.165) is 11.3 Å². The molecule has 0 fully saturated rings. The monoisotopic (exact) mass is 447 g/mol. The smallest absolute Gasteiger partial charge is 0.240 e. The first kappa shape index (κ1) is 20.5. The number of anilines is 1. The fourth-order valence-electron chi connectivity index (χ4n) is 3.14. The second kappa shape index (κ2) is 8.53. The average Bonchev–Trinajstić information content (AvgIpc) is 3.11. The van der Waals surface area contributed by atoms with Gasteiger partial charge < -0.3 is 15.5 Å². The van der Waals surface area contributed by atoms with Crippen molar-refractivity contribution in [3.8, 4) is 5.75 Å². The van der Waals surface area contributed by atoms with Crippen LogP contribution in [-0.4, -0.2) is 32.6 Å². The Morgan fingerprint density at radius 3 is 2.77 bits per heavy atom. The van der Waals surface area contributed by atoms with Crippen molar-refractivity contribution < 1.29 is 13.9 Å². The molecule has 1 aromatic heterocycles. The molecule has 0 spiro atoms. The van der Waals surface area contributed by atoms with E-state index in [-0.39, 0.29) is 17.0 Å². The number of hydrogen-bond donors (Lipinski definition) is 2. The minimum atomic E-state index is -0.553. The molecule has 2 N–H and O–H groups in total. The van der Waals surface area contributed by atoms with E-state index < -0.39 is 11.1 Å². The van der Waals surface area contributed by atoms with Gasteiger partial charge in [-0.3, -0.25) is 4.79 Å². The van der Waals surface area contributed by atoms with Crippen LogP contribution in [0.25, 0.3) is 0 Å². The van der Waals surface area contributed by atoms with Crippen LogP contribution in [0.3, 0.4) is 0 Å². The Morgan fingerprint density at radius 2 is 2.07 bits per heavy atom. The van der Waals surface area contributed by atoms with E-state index in [1.807, 2.05) is 38.1 Å². The quantitative estimate of drug-likeness (QED) is 0.610. The lowest BCUT2D eigenvalue weighted by atomic mass is 10.0. The van der Waals surface area contributed by atoms with Gasteiger partial charge in [0.1, 0.15) is 22.6 Å². The second-order valence-electron chi connectivity index (χ2n) is 6.63. The van der Waals surface area contributed by atoms with Gasteiger partial charge in [0.05, 0.1) is 17.7 Å². The standard InChI is InChI=1S/C20H19ClFN5O2S/c1-3-29-14-7-4-12(5-8-14)17-18(30-20-25-24-11(2)27(20)26-17)19(28)23-13-6-9-16(22)15(21)10-13/h4-10,17-18,26H,3H2,1-2H3,(H,23,28)/t17-,18-/m1/s1. The van der Waals surface area contributed by atoms with Gasteiger partial charge in [0.15, 0.2) is 0 Å². The Kier molecular flexibility index (Phi) is 5.83. The zero-order valence-corrected chi connectivity index (χ0v) is 17.8. The molecule has 0 saturated heterocycles. The molecule has 0 saturated carbocycles. The van der Waals surface area contributed by atoms with E-state index in [2.05, 4.69) is 20.9 Å². The summed E-state index contributed by atoms with van der Waals surface area (Å²) < 4.78 is 20.7. The number of nitrogens with one attached hydrogen (secondary N) is 2. The molecule has 2 atom stereocenters. The first-order valence-corrected chi connectivity index (χ1v) is 10.6. The van der Waals surface area contributed by atoms with Gasteiger partial charge in [-0.15, -0.1) is 10.2 Å². The molecule has 2 aromatic carbocycles. The minimum Gasteiger partial charge on any atom is -0.494 e. The molecule has 30 heavy (non-hydrogen) atoms. The van der Waals surface area contributed by atoms with E-state index in [4.69, 9.17) is 16.3 Å². The first-order valence-electron chi connectivity index (χ1n) is 9.30. The summed E-state index contributed by atoms with van der Waals surface area (Å²) in [6.07, 6.45) is 0. The highest BCUT2D eigenvalue weighted by Gasteiger charge is 2.37. The number of carbonyl (C=O) groups excluding carboxylic acids is 1. The highest BCUT2D eigenvalue weighted by molar-refractivity contribution is 8.00. The molecular formula is C20H19ClFN5O2S. The van der Waals surface area contributed by atoms with Crippen molar-refractivity contribution in [1.29, 1.82) is 0 Å². The van der Waals surface area contributed by atoms with Crippen LogP contribution in [0.1, 0.15) is 24.4 Å². The summed E-state index contributed by atoms with van der Waals surface area (Å²) in [4.78, 5) is 13.1. The Bertz CT molecular complexity index is 1080. The summed E-state index contributed by atoms with van der Waals surface area (Å²) in [7, 11) is 0. The van der Waals surface area contributed by atoms with Crippen molar-refractivity contribution in [3.63, 3.8) is 0 Å². The molecule has 0 bridgehead atoms. The molecular weight excluding hydrogens is 429 g/mol. The van der Waals surface area contributed by atoms with Gasteiger partial charge in [-0.2, -0.15) is 0 Å². The number of rotatable bonds is 5. The number of ether oxygens (including phenoxy) is 1. The summed E-state index contributed by atoms with van der Waals surface area (Å²) in [5.41, 5.74) is 4.66. The Labute approximate surface area is 181 Å². The molecule has 156 valence electrons. The summed E-state index contributed by atoms with van der Waals surface area (Å²) in [5.74, 6) is 0.644. The van der Waals surface area contributed by atoms with Crippen molar-refractivity contribution in [1.82, 2.24) is 14.9 Å². The summed E-state index contributed by atoms with van der Waals surface area (Å²) >= 11 is 7.15. The largest absolute Gasteiger partial charge is 0.494 e. The van der Waals surface area contributed by atoms with E-state index >= 15 is 0 Å². The lowest BCUT2D eigenvalue weighted by Crippen LogP contribution is -2.41. The number of fused-ring (bicyclic) bond motifs is 1. The summed E-state index contributed by atoms with van der Waals surface area (Å²) in [6.45, 7) is 4.33. The lowest BCUT2D eigenvalue weighted by molar-refractivity contribution is -0.116. The lowest BCUT2D eigenvalue weighted by Gasteiger charge is -2.32. The van der Waals surface area contributed by atoms with Gasteiger partial charge in [-0.1, -0.05) is 35.5 Å². The van der Waals surface area contributed by atoms with Gasteiger partial charge in [-0.25, -0.2) is 9.07 Å². The van der Waals surface area contributed by atoms with Crippen LogP contribution in [0.5, 0.6) is 5.75 Å². The highest BCUT2D eigenvalue weighted by Crippen LogP contribution is 2.38. The maximum atomic E-state index is 13.4. The van der Waals surface area contributed by atoms with Gasteiger partial charge in [0.2, 0.25) is 11.1 Å². The number of amides is 1. The molecule has 7 nitrogen and oxygen atoms in total. The fraction of sp³-hybridized carbons (Fsp3) is 0.250. The van der Waals surface area contributed by atoms with Crippen molar-refractivity contribution in [2.75, 3.05) is 17.3 Å². The Hall–Kier alpha value is -2.78. The fourth-order valence-corrected chi connectivity index (χ4v) is 4.44. The first-order chi connectivity index (χ1) is 14.5. The van der Waals surface area contributed by atoms with Gasteiger partial charge >= 0.3 is 0 Å². The van der Waals surface area contributed by atoms with Crippen molar-refractivity contribution >= 4 is 35.0 Å². The molecule has 4 rings (SSSR count). The van der Waals surface area contributed by atoms with Crippen LogP contribution in [0, 0.1) is 12.7 Å². The van der Waals surface area contributed by atoms with Crippen LogP contribution >= 0.6 is 23.4 Å². The molecule has 1 amide bonds. The van der Waals surface area contributed by atoms with E-state index in [1.54, 1.807) is 4.68 Å². The van der Waals surface area contributed by atoms with Gasteiger partial charge in [0.25, 0.3) is 0 Å². The van der Waals surface area contributed by atoms with Gasteiger partial charge in [-0.05, 0) is 49.7 Å². The van der Waals surface area contributed by atoms with E-state index in [0.29, 0.717) is 23.3 Å². The number of aromatic nitrogens is 3. The molecule has 3 aromatic rings. The maximum absolute atomic E-state index is 13.4. The molecule has 0 radical (unpaired) electrons. The number of hydrogen-bond acceptors (Lipinski definition) is 6. The molecule has 0 unspecified atom stereocenters. The Morgan fingerprint density at radius 1 is 1.30 bits per heavy atom. The zero-order chi connectivity index (χ0) is 21.3. The van der Waals surface area contributed by atoms with Crippen LogP contribution in [-0.2, 0) is 4.79 Å². The predicted molar refractivity (Wildman–Crippen MR) is 114 cm³/mol. The van der Waals surface area contributed by atoms with Crippen LogP contribution < -0.4 is 15.5 Å². The summed E-state index contributed by atoms with van der Waals surface area (Å²) in [5, 5.41) is 11.0. The van der Waals surface area contributed by atoms with Crippen molar-refractivity contribution in [2.24, 2.45) is 0 Å². The predicted octanol–water partition coefficient (Wildman–Crippen LogP) is 4.18. The number of thioether (sulfide) groups is 1. The Balaban J connectivity index is 1.63. The number of nitrogens with zero attached hydrogens (tertiary/aromatic N) is 3. The van der Waals surface area contributed by atoms with E-state index in [9.17, 15) is 9.18 Å². The molecule has 0 aliphatic carbocycles. The maximum Gasteiger partial charge on any atom is 0.240 e. The second-order valence-corrected chi connectivity index (χ2v) is 8.15. The zero-order valence-electron chi connectivity index (χ0n) is 16.2. The SMILES string of the molecule is CCOc1ccc([C@H]2Nn3c(C)nnc3S[C@H]2C(=O)Nc2ccc(F)c(Cl)c2)cc1. The number of carbonyl (C=O) groups is 1. The molecule has 1 aliphatic heterocycles. The van der Waals surface area contributed by atoms with Crippen molar-refractivity contribution in [2.45, 2.75) is 30.3 Å². The van der Waals surface area contributed by atoms with Crippen LogP contribution in [0.4, 0.5) is 10.1 Å². The number of benzene rings is 2.